The minimum Gasteiger partial charge on any atom is -0.343 e. The molecule has 2 aliphatic rings. The first-order chi connectivity index (χ1) is 8.34. The molecule has 0 aromatic heterocycles. The molecule has 0 saturated carbocycles. The Morgan fingerprint density at radius 3 is 1.89 bits per heavy atom. The van der Waals surface area contributed by atoms with Crippen LogP contribution in [0.1, 0.15) is 34.1 Å². The number of hydrogen-bond acceptors (Lipinski definition) is 8. The Morgan fingerprint density at radius 1 is 1.00 bits per heavy atom. The van der Waals surface area contributed by atoms with Crippen LogP contribution in [0, 0.1) is 0 Å². The lowest BCUT2D eigenvalue weighted by atomic mass is 9.90. The molecule has 0 aliphatic carbocycles. The molecule has 0 radical (unpaired) electrons. The molecule has 2 rings (SSSR count). The van der Waals surface area contributed by atoms with Gasteiger partial charge in [-0.15, -0.1) is 5.23 Å². The Bertz CT molecular complexity index is 397. The van der Waals surface area contributed by atoms with Gasteiger partial charge < -0.3 is 20.4 Å². The first-order valence-electron chi connectivity index (χ1n) is 5.83. The van der Waals surface area contributed by atoms with Gasteiger partial charge in [0.1, 0.15) is 11.2 Å². The van der Waals surface area contributed by atoms with Crippen molar-refractivity contribution in [1.82, 2.24) is 5.23 Å². The van der Waals surface area contributed by atoms with Crippen molar-refractivity contribution < 1.29 is 34.8 Å². The molecule has 0 atom stereocenters. The van der Waals surface area contributed by atoms with Crippen molar-refractivity contribution in [1.29, 1.82) is 0 Å². The first kappa shape index (κ1) is 14.7. The normalized spacial score (nSPS) is 31.2. The van der Waals surface area contributed by atoms with Gasteiger partial charge in [-0.25, -0.2) is 9.68 Å². The zero-order valence-electron chi connectivity index (χ0n) is 11.2. The van der Waals surface area contributed by atoms with Crippen LogP contribution in [0.5, 0.6) is 0 Å². The van der Waals surface area contributed by atoms with Crippen LogP contribution in [-0.2, 0) is 14.4 Å². The van der Waals surface area contributed by atoms with E-state index in [0.717, 1.165) is 11.3 Å². The summed E-state index contributed by atoms with van der Waals surface area (Å²) in [5, 5.41) is 38.6. The fourth-order valence-corrected chi connectivity index (χ4v) is 1.70. The van der Waals surface area contributed by atoms with Crippen LogP contribution in [0.15, 0.2) is 11.8 Å². The average Bonchev–Trinajstić information content (AvgIpc) is 2.30. The molecule has 2 heterocycles. The second-order valence-corrected chi connectivity index (χ2v) is 5.78. The van der Waals surface area contributed by atoms with Gasteiger partial charge in [0.2, 0.25) is 0 Å². The number of hydroxylamine groups is 2. The number of nitrogens with zero attached hydrogens (tertiary/aromatic N) is 1. The zero-order valence-corrected chi connectivity index (χ0v) is 11.2. The van der Waals surface area contributed by atoms with Crippen molar-refractivity contribution in [3.05, 3.63) is 11.8 Å². The molecule has 1 saturated heterocycles. The largest absolute Gasteiger partial charge is 0.343 e. The molecule has 8 heteroatoms. The molecule has 0 unspecified atom stereocenters. The third-order valence-corrected chi connectivity index (χ3v) is 3.39. The van der Waals surface area contributed by atoms with Gasteiger partial charge in [0, 0.05) is 6.08 Å². The molecule has 0 spiro atoms. The van der Waals surface area contributed by atoms with Gasteiger partial charge in [0.25, 0.3) is 5.97 Å². The van der Waals surface area contributed by atoms with Crippen LogP contribution in [0.4, 0.5) is 0 Å². The first-order valence-corrected chi connectivity index (χ1v) is 5.83. The van der Waals surface area contributed by atoms with Crippen molar-refractivity contribution in [2.24, 2.45) is 0 Å². The van der Waals surface area contributed by atoms with Gasteiger partial charge in [-0.05, 0) is 27.7 Å². The fraction of sp³-hybridized carbons (Fsp3) is 0.818. The van der Waals surface area contributed by atoms with Crippen LogP contribution in [-0.4, -0.2) is 48.8 Å². The second-order valence-electron chi connectivity index (χ2n) is 5.78. The summed E-state index contributed by atoms with van der Waals surface area (Å²) in [4.78, 5) is 11.1. The molecular weight excluding hydrogens is 258 g/mol. The Morgan fingerprint density at radius 2 is 1.47 bits per heavy atom. The van der Waals surface area contributed by atoms with E-state index in [4.69, 9.17) is 9.68 Å². The minimum atomic E-state index is -2.82. The number of rotatable bonds is 1. The molecule has 0 bridgehead atoms. The predicted molar refractivity (Wildman–Crippen MR) is 60.3 cm³/mol. The second kappa shape index (κ2) is 3.89. The molecule has 4 N–H and O–H groups in total. The summed E-state index contributed by atoms with van der Waals surface area (Å²) in [6, 6.07) is 0. The van der Waals surface area contributed by atoms with Gasteiger partial charge >= 0.3 is 5.97 Å². The Kier molecular flexibility index (Phi) is 3.00. The third kappa shape index (κ3) is 2.75. The topological polar surface area (TPSA) is 112 Å². The maximum atomic E-state index is 9.44. The van der Waals surface area contributed by atoms with E-state index in [9.17, 15) is 20.4 Å². The van der Waals surface area contributed by atoms with Gasteiger partial charge in [-0.2, -0.15) is 0 Å². The summed E-state index contributed by atoms with van der Waals surface area (Å²) in [6.07, 6.45) is 0.428. The highest BCUT2D eigenvalue weighted by molar-refractivity contribution is 5.08. The van der Waals surface area contributed by atoms with E-state index >= 15 is 0 Å². The summed E-state index contributed by atoms with van der Waals surface area (Å²) in [5.41, 5.74) is -1.35. The smallest absolute Gasteiger partial charge is 0.306 e. The summed E-state index contributed by atoms with van der Waals surface area (Å²) >= 11 is 0. The van der Waals surface area contributed by atoms with Crippen molar-refractivity contribution in [3.63, 3.8) is 0 Å². The molecule has 19 heavy (non-hydrogen) atoms. The van der Waals surface area contributed by atoms with E-state index in [2.05, 4.69) is 4.74 Å². The number of ether oxygens (including phenoxy) is 1. The number of hydrogen-bond donors (Lipinski definition) is 4. The average molecular weight is 277 g/mol. The summed E-state index contributed by atoms with van der Waals surface area (Å²) < 4.78 is 4.26. The maximum absolute atomic E-state index is 9.44. The molecule has 0 aromatic carbocycles. The van der Waals surface area contributed by atoms with Crippen molar-refractivity contribution in [2.75, 3.05) is 0 Å². The van der Waals surface area contributed by atoms with Crippen LogP contribution < -0.4 is 0 Å². The molecule has 110 valence electrons. The lowest BCUT2D eigenvalue weighted by molar-refractivity contribution is -0.464. The van der Waals surface area contributed by atoms with Gasteiger partial charge in [-0.3, -0.25) is 4.74 Å². The highest BCUT2D eigenvalue weighted by Gasteiger charge is 2.53. The number of aliphatic hydroxyl groups is 4. The Labute approximate surface area is 110 Å². The maximum Gasteiger partial charge on any atom is 0.306 e. The minimum absolute atomic E-state index is 0.0277. The van der Waals surface area contributed by atoms with Crippen molar-refractivity contribution in [3.8, 4) is 0 Å². The van der Waals surface area contributed by atoms with E-state index in [1.807, 2.05) is 0 Å². The van der Waals surface area contributed by atoms with Crippen LogP contribution in [0.25, 0.3) is 0 Å². The van der Waals surface area contributed by atoms with E-state index in [1.54, 1.807) is 27.7 Å². The molecule has 0 aromatic rings. The highest BCUT2D eigenvalue weighted by Crippen LogP contribution is 2.42. The summed E-state index contributed by atoms with van der Waals surface area (Å²) in [7, 11) is 0. The van der Waals surface area contributed by atoms with Crippen molar-refractivity contribution in [2.45, 2.75) is 57.3 Å². The lowest BCUT2D eigenvalue weighted by Crippen LogP contribution is -2.49. The van der Waals surface area contributed by atoms with Crippen molar-refractivity contribution >= 4 is 0 Å². The highest BCUT2D eigenvalue weighted by atomic mass is 17.0. The Balaban J connectivity index is 2.27. The van der Waals surface area contributed by atoms with Gasteiger partial charge in [-0.1, -0.05) is 0 Å². The molecule has 8 nitrogen and oxygen atoms in total. The SMILES string of the molecule is CC1(C)ON(C2=CC(O)(O)OC(O)(O)C2)OC1(C)C. The van der Waals surface area contributed by atoms with Gasteiger partial charge in [0.15, 0.2) is 0 Å². The molecule has 0 amide bonds. The van der Waals surface area contributed by atoms with E-state index in [0.29, 0.717) is 0 Å². The van der Waals surface area contributed by atoms with Crippen LogP contribution in [0.2, 0.25) is 0 Å². The van der Waals surface area contributed by atoms with E-state index < -0.39 is 29.6 Å². The zero-order chi connectivity index (χ0) is 14.7. The lowest BCUT2D eigenvalue weighted by Gasteiger charge is -2.35. The van der Waals surface area contributed by atoms with E-state index in [-0.39, 0.29) is 5.70 Å². The molecule has 2 aliphatic heterocycles. The molecular formula is C11H19NO7. The quantitative estimate of drug-likeness (QED) is 0.466. The predicted octanol–water partition coefficient (Wildman–Crippen LogP) is -0.697. The standard InChI is InChI=1S/C11H19NO7/c1-8(2)9(3,4)19-12(18-8)7-5-10(13,14)17-11(15,16)6-7/h5,13-16H,6H2,1-4H3. The van der Waals surface area contributed by atoms with Gasteiger partial charge in [0.05, 0.1) is 12.1 Å². The van der Waals surface area contributed by atoms with Crippen LogP contribution in [0.3, 0.4) is 0 Å². The summed E-state index contributed by atoms with van der Waals surface area (Å²) in [6.45, 7) is 7.18. The fourth-order valence-electron chi connectivity index (χ4n) is 1.70. The van der Waals surface area contributed by atoms with E-state index in [1.165, 1.54) is 0 Å². The summed E-state index contributed by atoms with van der Waals surface area (Å²) in [5.74, 6) is -5.54. The third-order valence-electron chi connectivity index (χ3n) is 3.39. The molecule has 1 fully saturated rings. The monoisotopic (exact) mass is 277 g/mol. The van der Waals surface area contributed by atoms with Crippen LogP contribution >= 0.6 is 0 Å². The Hall–Kier alpha value is -0.740.